The number of rotatable bonds is 2. The molecule has 3 aliphatic rings. The highest BCUT2D eigenvalue weighted by molar-refractivity contribution is 5.40. The van der Waals surface area contributed by atoms with Crippen LogP contribution in [0.5, 0.6) is 5.75 Å². The number of hydrogen-bond donors (Lipinski definition) is 1. The van der Waals surface area contributed by atoms with E-state index in [2.05, 4.69) is 19.1 Å². The van der Waals surface area contributed by atoms with Gasteiger partial charge in [0.15, 0.2) is 0 Å². The van der Waals surface area contributed by atoms with E-state index in [9.17, 15) is 5.11 Å². The molecule has 2 heteroatoms. The summed E-state index contributed by atoms with van der Waals surface area (Å²) in [6.07, 6.45) is 6.34. The molecule has 1 N–H and O–H groups in total. The quantitative estimate of drug-likeness (QED) is 0.890. The number of methoxy groups -OCH3 is 1. The standard InChI is InChI=1S/C18H24O2/c1-11-8-13(20-2)6-7-16(11)18(19)10-12-9-17(18)15-5-3-4-14(12)15/h6-8,12,14-15,17,19H,3-5,9-10H2,1-2H3. The Morgan fingerprint density at radius 2 is 2.05 bits per heavy atom. The van der Waals surface area contributed by atoms with Gasteiger partial charge in [-0.25, -0.2) is 0 Å². The maximum absolute atomic E-state index is 11.4. The minimum Gasteiger partial charge on any atom is -0.497 e. The smallest absolute Gasteiger partial charge is 0.119 e. The minimum atomic E-state index is -0.577. The van der Waals surface area contributed by atoms with Crippen LogP contribution in [0.1, 0.15) is 43.2 Å². The Kier molecular flexibility index (Phi) is 2.69. The zero-order valence-electron chi connectivity index (χ0n) is 12.4. The van der Waals surface area contributed by atoms with Gasteiger partial charge in [-0.1, -0.05) is 12.5 Å². The van der Waals surface area contributed by atoms with E-state index in [0.717, 1.165) is 35.5 Å². The number of ether oxygens (including phenoxy) is 1. The Labute approximate surface area is 121 Å². The van der Waals surface area contributed by atoms with Crippen molar-refractivity contribution < 1.29 is 9.84 Å². The van der Waals surface area contributed by atoms with Gasteiger partial charge in [-0.15, -0.1) is 0 Å². The molecule has 5 atom stereocenters. The van der Waals surface area contributed by atoms with Crippen LogP contribution in [0.25, 0.3) is 0 Å². The third kappa shape index (κ3) is 1.54. The number of hydrogen-bond acceptors (Lipinski definition) is 2. The molecule has 3 saturated carbocycles. The van der Waals surface area contributed by atoms with Crippen molar-refractivity contribution in [3.8, 4) is 5.75 Å². The molecule has 4 rings (SSSR count). The molecular formula is C18H24O2. The van der Waals surface area contributed by atoms with Crippen molar-refractivity contribution in [3.63, 3.8) is 0 Å². The van der Waals surface area contributed by atoms with Gasteiger partial charge in [-0.3, -0.25) is 0 Å². The van der Waals surface area contributed by atoms with Gasteiger partial charge in [-0.2, -0.15) is 0 Å². The van der Waals surface area contributed by atoms with Crippen LogP contribution in [0.15, 0.2) is 18.2 Å². The molecule has 0 aliphatic heterocycles. The molecule has 20 heavy (non-hydrogen) atoms. The first-order chi connectivity index (χ1) is 9.63. The fourth-order valence-electron chi connectivity index (χ4n) is 5.67. The molecule has 0 spiro atoms. The largest absolute Gasteiger partial charge is 0.497 e. The van der Waals surface area contributed by atoms with Crippen molar-refractivity contribution in [2.75, 3.05) is 7.11 Å². The van der Waals surface area contributed by atoms with E-state index in [1.54, 1.807) is 7.11 Å². The third-order valence-electron chi connectivity index (χ3n) is 6.39. The van der Waals surface area contributed by atoms with Gasteiger partial charge < -0.3 is 9.84 Å². The van der Waals surface area contributed by atoms with Crippen LogP contribution < -0.4 is 4.74 Å². The minimum absolute atomic E-state index is 0.493. The van der Waals surface area contributed by atoms with E-state index in [1.165, 1.54) is 31.2 Å². The normalized spacial score (nSPS) is 42.0. The first kappa shape index (κ1) is 12.7. The topological polar surface area (TPSA) is 29.5 Å². The molecule has 3 aliphatic carbocycles. The molecule has 1 aromatic carbocycles. The second kappa shape index (κ2) is 4.24. The molecule has 2 nitrogen and oxygen atoms in total. The molecule has 0 saturated heterocycles. The van der Waals surface area contributed by atoms with Crippen molar-refractivity contribution >= 4 is 0 Å². The summed E-state index contributed by atoms with van der Waals surface area (Å²) in [6.45, 7) is 2.11. The van der Waals surface area contributed by atoms with E-state index in [4.69, 9.17) is 4.74 Å². The SMILES string of the molecule is COc1ccc(C2(O)CC3CC2C2CCCC32)c(C)c1. The van der Waals surface area contributed by atoms with Gasteiger partial charge in [-0.05, 0) is 79.5 Å². The van der Waals surface area contributed by atoms with Crippen LogP contribution in [-0.4, -0.2) is 12.2 Å². The zero-order valence-corrected chi connectivity index (χ0v) is 12.4. The van der Waals surface area contributed by atoms with E-state index < -0.39 is 5.60 Å². The monoisotopic (exact) mass is 272 g/mol. The predicted molar refractivity (Wildman–Crippen MR) is 78.7 cm³/mol. The molecule has 0 heterocycles. The average molecular weight is 272 g/mol. The number of fused-ring (bicyclic) bond motifs is 5. The van der Waals surface area contributed by atoms with Gasteiger partial charge in [0.2, 0.25) is 0 Å². The molecule has 2 bridgehead atoms. The Bertz CT molecular complexity index is 538. The van der Waals surface area contributed by atoms with Crippen molar-refractivity contribution in [2.45, 2.75) is 44.6 Å². The summed E-state index contributed by atoms with van der Waals surface area (Å²) in [5.74, 6) is 3.84. The summed E-state index contributed by atoms with van der Waals surface area (Å²) in [5.41, 5.74) is 1.75. The molecule has 3 fully saturated rings. The number of benzene rings is 1. The summed E-state index contributed by atoms with van der Waals surface area (Å²) < 4.78 is 5.30. The highest BCUT2D eigenvalue weighted by atomic mass is 16.5. The first-order valence-electron chi connectivity index (χ1n) is 8.01. The van der Waals surface area contributed by atoms with Crippen molar-refractivity contribution in [1.29, 1.82) is 0 Å². The summed E-state index contributed by atoms with van der Waals surface area (Å²) in [7, 11) is 1.70. The first-order valence-corrected chi connectivity index (χ1v) is 8.01. The second-order valence-corrected chi connectivity index (χ2v) is 7.17. The molecule has 0 radical (unpaired) electrons. The second-order valence-electron chi connectivity index (χ2n) is 7.17. The fraction of sp³-hybridized carbons (Fsp3) is 0.667. The van der Waals surface area contributed by atoms with Gasteiger partial charge in [0.25, 0.3) is 0 Å². The maximum Gasteiger partial charge on any atom is 0.119 e. The molecular weight excluding hydrogens is 248 g/mol. The average Bonchev–Trinajstić information content (AvgIpc) is 3.09. The van der Waals surface area contributed by atoms with E-state index >= 15 is 0 Å². The zero-order chi connectivity index (χ0) is 13.9. The lowest BCUT2D eigenvalue weighted by Crippen LogP contribution is -2.39. The number of aliphatic hydroxyl groups is 1. The van der Waals surface area contributed by atoms with Gasteiger partial charge in [0, 0.05) is 0 Å². The van der Waals surface area contributed by atoms with E-state index in [1.807, 2.05) is 6.07 Å². The predicted octanol–water partition coefficient (Wildman–Crippen LogP) is 3.65. The van der Waals surface area contributed by atoms with Crippen molar-refractivity contribution in [1.82, 2.24) is 0 Å². The van der Waals surface area contributed by atoms with Crippen LogP contribution in [0.2, 0.25) is 0 Å². The van der Waals surface area contributed by atoms with Crippen LogP contribution in [0.3, 0.4) is 0 Å². The van der Waals surface area contributed by atoms with Gasteiger partial charge >= 0.3 is 0 Å². The summed E-state index contributed by atoms with van der Waals surface area (Å²) in [6, 6.07) is 6.16. The highest BCUT2D eigenvalue weighted by Gasteiger charge is 2.61. The Balaban J connectivity index is 1.72. The fourth-order valence-corrected chi connectivity index (χ4v) is 5.67. The molecule has 108 valence electrons. The number of aryl methyl sites for hydroxylation is 1. The molecule has 5 unspecified atom stereocenters. The van der Waals surface area contributed by atoms with Gasteiger partial charge in [0.05, 0.1) is 12.7 Å². The van der Waals surface area contributed by atoms with E-state index in [-0.39, 0.29) is 0 Å². The molecule has 0 amide bonds. The summed E-state index contributed by atoms with van der Waals surface area (Å²) in [4.78, 5) is 0. The van der Waals surface area contributed by atoms with E-state index in [0.29, 0.717) is 5.92 Å². The summed E-state index contributed by atoms with van der Waals surface area (Å²) in [5, 5.41) is 11.4. The lowest BCUT2D eigenvalue weighted by atomic mass is 9.69. The maximum atomic E-state index is 11.4. The molecule has 0 aromatic heterocycles. The summed E-state index contributed by atoms with van der Waals surface area (Å²) >= 11 is 0. The third-order valence-corrected chi connectivity index (χ3v) is 6.39. The van der Waals surface area contributed by atoms with Crippen LogP contribution >= 0.6 is 0 Å². The molecule has 1 aromatic rings. The van der Waals surface area contributed by atoms with Gasteiger partial charge in [0.1, 0.15) is 5.75 Å². The van der Waals surface area contributed by atoms with Crippen LogP contribution in [0, 0.1) is 30.6 Å². The van der Waals surface area contributed by atoms with Crippen LogP contribution in [-0.2, 0) is 5.60 Å². The highest BCUT2D eigenvalue weighted by Crippen LogP contribution is 2.65. The van der Waals surface area contributed by atoms with Crippen molar-refractivity contribution in [3.05, 3.63) is 29.3 Å². The van der Waals surface area contributed by atoms with Crippen molar-refractivity contribution in [2.24, 2.45) is 23.7 Å². The lowest BCUT2D eigenvalue weighted by molar-refractivity contribution is -0.0517. The Morgan fingerprint density at radius 3 is 2.80 bits per heavy atom. The van der Waals surface area contributed by atoms with Crippen LogP contribution in [0.4, 0.5) is 0 Å². The Morgan fingerprint density at radius 1 is 1.25 bits per heavy atom. The Hall–Kier alpha value is -1.02. The lowest BCUT2D eigenvalue weighted by Gasteiger charge is -2.40.